The fourth-order valence-corrected chi connectivity index (χ4v) is 1.15. The molecule has 74 valence electrons. The van der Waals surface area contributed by atoms with Crippen LogP contribution in [-0.4, -0.2) is 5.11 Å². The Morgan fingerprint density at radius 1 is 1.50 bits per heavy atom. The molecule has 0 fully saturated rings. The van der Waals surface area contributed by atoms with E-state index in [1.807, 2.05) is 6.07 Å². The van der Waals surface area contributed by atoms with Crippen LogP contribution in [0.5, 0.6) is 0 Å². The Balaban J connectivity index is 3.02. The lowest BCUT2D eigenvalue weighted by Crippen LogP contribution is -2.19. The number of benzene rings is 1. The van der Waals surface area contributed by atoms with Crippen molar-refractivity contribution in [1.29, 1.82) is 5.26 Å². The largest absolute Gasteiger partial charge is 0.387 e. The van der Waals surface area contributed by atoms with Crippen LogP contribution in [-0.2, 0) is 0 Å². The van der Waals surface area contributed by atoms with Crippen molar-refractivity contribution in [2.45, 2.75) is 20.0 Å². The third-order valence-electron chi connectivity index (χ3n) is 2.14. The predicted octanol–water partition coefficient (Wildman–Crippen LogP) is 2.41. The molecule has 1 unspecified atom stereocenters. The Morgan fingerprint density at radius 3 is 2.64 bits per heavy atom. The zero-order valence-electron chi connectivity index (χ0n) is 8.16. The van der Waals surface area contributed by atoms with Gasteiger partial charge in [0.15, 0.2) is 0 Å². The summed E-state index contributed by atoms with van der Waals surface area (Å²) in [6.07, 6.45) is -0.969. The Bertz CT molecular complexity index is 368. The van der Waals surface area contributed by atoms with Gasteiger partial charge in [0, 0.05) is 0 Å². The summed E-state index contributed by atoms with van der Waals surface area (Å²) >= 11 is 0. The molecule has 0 aliphatic rings. The molecule has 0 radical (unpaired) electrons. The summed E-state index contributed by atoms with van der Waals surface area (Å²) in [4.78, 5) is 0. The number of aliphatic hydroxyl groups excluding tert-OH is 1. The van der Waals surface area contributed by atoms with Gasteiger partial charge < -0.3 is 5.11 Å². The summed E-state index contributed by atoms with van der Waals surface area (Å²) in [6.45, 7) is 3.23. The lowest BCUT2D eigenvalue weighted by atomic mass is 9.84. The molecule has 14 heavy (non-hydrogen) atoms. The molecule has 3 heteroatoms. The first-order chi connectivity index (χ1) is 6.47. The summed E-state index contributed by atoms with van der Waals surface area (Å²) in [6, 6.07) is 7.65. The molecular weight excluding hydrogens is 181 g/mol. The second-order valence-corrected chi connectivity index (χ2v) is 3.79. The van der Waals surface area contributed by atoms with Gasteiger partial charge in [0.25, 0.3) is 0 Å². The lowest BCUT2D eigenvalue weighted by Gasteiger charge is -2.23. The highest BCUT2D eigenvalue weighted by Gasteiger charge is 2.28. The highest BCUT2D eigenvalue weighted by molar-refractivity contribution is 5.22. The summed E-state index contributed by atoms with van der Waals surface area (Å²) in [5, 5.41) is 18.6. The van der Waals surface area contributed by atoms with E-state index >= 15 is 0 Å². The molecule has 1 atom stereocenters. The van der Waals surface area contributed by atoms with Gasteiger partial charge in [0.2, 0.25) is 0 Å². The Hall–Kier alpha value is -1.40. The van der Waals surface area contributed by atoms with E-state index < -0.39 is 17.3 Å². The molecule has 0 saturated carbocycles. The van der Waals surface area contributed by atoms with Gasteiger partial charge in [0.1, 0.15) is 5.82 Å². The number of nitrogens with zero attached hydrogens (tertiary/aromatic N) is 1. The molecule has 1 aromatic carbocycles. The first-order valence-corrected chi connectivity index (χ1v) is 4.32. The molecule has 0 heterocycles. The minimum absolute atomic E-state index is 0.407. The predicted molar refractivity (Wildman–Crippen MR) is 50.8 cm³/mol. The molecule has 0 aliphatic carbocycles. The normalized spacial score (nSPS) is 13.4. The van der Waals surface area contributed by atoms with Gasteiger partial charge in [-0.2, -0.15) is 5.26 Å². The van der Waals surface area contributed by atoms with Crippen molar-refractivity contribution in [3.05, 3.63) is 35.6 Å². The third-order valence-corrected chi connectivity index (χ3v) is 2.14. The van der Waals surface area contributed by atoms with Crippen LogP contribution >= 0.6 is 0 Å². The van der Waals surface area contributed by atoms with Crippen molar-refractivity contribution in [1.82, 2.24) is 0 Å². The van der Waals surface area contributed by atoms with Gasteiger partial charge in [-0.05, 0) is 31.5 Å². The standard InChI is InChI=1S/C11H12FNO/c1-11(2,7-13)10(14)8-4-3-5-9(12)6-8/h3-6,10,14H,1-2H3. The van der Waals surface area contributed by atoms with E-state index in [-0.39, 0.29) is 0 Å². The summed E-state index contributed by atoms with van der Waals surface area (Å²) in [5.74, 6) is -0.407. The van der Waals surface area contributed by atoms with E-state index in [2.05, 4.69) is 0 Å². The second kappa shape index (κ2) is 3.77. The van der Waals surface area contributed by atoms with Gasteiger partial charge in [0.05, 0.1) is 17.6 Å². The van der Waals surface area contributed by atoms with E-state index in [1.54, 1.807) is 19.9 Å². The zero-order chi connectivity index (χ0) is 10.8. The molecule has 0 aliphatic heterocycles. The minimum atomic E-state index is -0.969. The zero-order valence-corrected chi connectivity index (χ0v) is 8.16. The van der Waals surface area contributed by atoms with Crippen LogP contribution in [0.4, 0.5) is 4.39 Å². The van der Waals surface area contributed by atoms with E-state index in [9.17, 15) is 9.50 Å². The monoisotopic (exact) mass is 193 g/mol. The van der Waals surface area contributed by atoms with Crippen molar-refractivity contribution >= 4 is 0 Å². The lowest BCUT2D eigenvalue weighted by molar-refractivity contribution is 0.0865. The molecule has 0 aromatic heterocycles. The number of halogens is 1. The molecule has 1 rings (SSSR count). The minimum Gasteiger partial charge on any atom is -0.387 e. The third kappa shape index (κ3) is 2.09. The maximum atomic E-state index is 12.8. The van der Waals surface area contributed by atoms with Crippen molar-refractivity contribution < 1.29 is 9.50 Å². The molecule has 0 spiro atoms. The van der Waals surface area contributed by atoms with E-state index in [4.69, 9.17) is 5.26 Å². The van der Waals surface area contributed by atoms with Crippen molar-refractivity contribution in [2.24, 2.45) is 5.41 Å². The summed E-state index contributed by atoms with van der Waals surface area (Å²) in [7, 11) is 0. The number of nitriles is 1. The topological polar surface area (TPSA) is 44.0 Å². The SMILES string of the molecule is CC(C)(C#N)C(O)c1cccc(F)c1. The number of aliphatic hydroxyl groups is 1. The molecule has 2 nitrogen and oxygen atoms in total. The molecular formula is C11H12FNO. The highest BCUT2D eigenvalue weighted by atomic mass is 19.1. The van der Waals surface area contributed by atoms with E-state index in [0.717, 1.165) is 0 Å². The average molecular weight is 193 g/mol. The fraction of sp³-hybridized carbons (Fsp3) is 0.364. The Morgan fingerprint density at radius 2 is 2.14 bits per heavy atom. The first-order valence-electron chi connectivity index (χ1n) is 4.32. The van der Waals surface area contributed by atoms with E-state index in [1.165, 1.54) is 18.2 Å². The van der Waals surface area contributed by atoms with Gasteiger partial charge in [-0.3, -0.25) is 0 Å². The number of rotatable bonds is 2. The van der Waals surface area contributed by atoms with Crippen LogP contribution in [0.1, 0.15) is 25.5 Å². The van der Waals surface area contributed by atoms with E-state index in [0.29, 0.717) is 5.56 Å². The molecule has 0 saturated heterocycles. The number of hydrogen-bond donors (Lipinski definition) is 1. The maximum Gasteiger partial charge on any atom is 0.123 e. The van der Waals surface area contributed by atoms with Gasteiger partial charge in [-0.15, -0.1) is 0 Å². The summed E-state index contributed by atoms with van der Waals surface area (Å²) < 4.78 is 12.8. The van der Waals surface area contributed by atoms with Crippen LogP contribution in [0, 0.1) is 22.6 Å². The highest BCUT2D eigenvalue weighted by Crippen LogP contribution is 2.32. The Labute approximate surface area is 82.6 Å². The van der Waals surface area contributed by atoms with Crippen LogP contribution < -0.4 is 0 Å². The molecule has 0 amide bonds. The van der Waals surface area contributed by atoms with Crippen molar-refractivity contribution in [2.75, 3.05) is 0 Å². The van der Waals surface area contributed by atoms with Crippen molar-refractivity contribution in [3.8, 4) is 6.07 Å². The van der Waals surface area contributed by atoms with Gasteiger partial charge in [-0.25, -0.2) is 4.39 Å². The van der Waals surface area contributed by atoms with Gasteiger partial charge >= 0.3 is 0 Å². The maximum absolute atomic E-state index is 12.8. The number of hydrogen-bond acceptors (Lipinski definition) is 2. The van der Waals surface area contributed by atoms with Crippen LogP contribution in [0.2, 0.25) is 0 Å². The smallest absolute Gasteiger partial charge is 0.123 e. The molecule has 1 N–H and O–H groups in total. The Kier molecular flexibility index (Phi) is 2.87. The van der Waals surface area contributed by atoms with Crippen LogP contribution in [0.25, 0.3) is 0 Å². The van der Waals surface area contributed by atoms with Crippen molar-refractivity contribution in [3.63, 3.8) is 0 Å². The molecule has 1 aromatic rings. The average Bonchev–Trinajstić information content (AvgIpc) is 2.16. The molecule has 0 bridgehead atoms. The van der Waals surface area contributed by atoms with Crippen LogP contribution in [0.15, 0.2) is 24.3 Å². The summed E-state index contributed by atoms with van der Waals surface area (Å²) in [5.41, 5.74) is -0.482. The second-order valence-electron chi connectivity index (χ2n) is 3.79. The fourth-order valence-electron chi connectivity index (χ4n) is 1.15. The van der Waals surface area contributed by atoms with Gasteiger partial charge in [-0.1, -0.05) is 12.1 Å². The van der Waals surface area contributed by atoms with Crippen LogP contribution in [0.3, 0.4) is 0 Å². The first kappa shape index (κ1) is 10.7. The quantitative estimate of drug-likeness (QED) is 0.783.